The van der Waals surface area contributed by atoms with Crippen molar-refractivity contribution in [2.75, 3.05) is 7.05 Å². The first kappa shape index (κ1) is 18.1. The van der Waals surface area contributed by atoms with Crippen molar-refractivity contribution in [3.63, 3.8) is 0 Å². The molecule has 3 amide bonds. The molecule has 1 atom stereocenters. The van der Waals surface area contributed by atoms with E-state index in [-0.39, 0.29) is 6.42 Å². The molecule has 27 heavy (non-hydrogen) atoms. The molecule has 8 nitrogen and oxygen atoms in total. The quantitative estimate of drug-likeness (QED) is 0.668. The van der Waals surface area contributed by atoms with Crippen LogP contribution in [-0.4, -0.2) is 30.1 Å². The number of hydrogen-bond acceptors (Lipinski definition) is 6. The summed E-state index contributed by atoms with van der Waals surface area (Å²) in [7, 11) is 1.38. The standard InChI is InChI=1S/C19H17N3O5/c1-20-19(25)21-18(24)17(12-7-3-2-4-8-12)26-16(23)11-14-13-9-5-6-10-15(13)27-22-14/h2-10,17H,11H2,1H3,(H2,20,21,24,25). The molecule has 0 saturated heterocycles. The fourth-order valence-electron chi connectivity index (χ4n) is 2.52. The maximum Gasteiger partial charge on any atom is 0.321 e. The van der Waals surface area contributed by atoms with Crippen LogP contribution in [0.2, 0.25) is 0 Å². The minimum absolute atomic E-state index is 0.173. The first-order valence-corrected chi connectivity index (χ1v) is 8.18. The molecule has 1 heterocycles. The van der Waals surface area contributed by atoms with E-state index < -0.39 is 24.0 Å². The number of esters is 1. The van der Waals surface area contributed by atoms with E-state index in [1.54, 1.807) is 54.6 Å². The lowest BCUT2D eigenvalue weighted by Gasteiger charge is -2.17. The number of carbonyl (C=O) groups excluding carboxylic acids is 3. The van der Waals surface area contributed by atoms with E-state index in [4.69, 9.17) is 9.26 Å². The third-order valence-electron chi connectivity index (χ3n) is 3.82. The molecule has 0 aliphatic heterocycles. The van der Waals surface area contributed by atoms with E-state index in [9.17, 15) is 14.4 Å². The summed E-state index contributed by atoms with van der Waals surface area (Å²) in [5, 5.41) is 8.98. The van der Waals surface area contributed by atoms with Crippen molar-refractivity contribution >= 4 is 28.9 Å². The van der Waals surface area contributed by atoms with Gasteiger partial charge in [0.2, 0.25) is 6.10 Å². The van der Waals surface area contributed by atoms with E-state index in [2.05, 4.69) is 15.8 Å². The zero-order valence-electron chi connectivity index (χ0n) is 14.5. The second kappa shape index (κ2) is 8.13. The van der Waals surface area contributed by atoms with E-state index in [0.29, 0.717) is 22.2 Å². The Morgan fingerprint density at radius 2 is 1.78 bits per heavy atom. The first-order valence-electron chi connectivity index (χ1n) is 8.18. The monoisotopic (exact) mass is 367 g/mol. The van der Waals surface area contributed by atoms with Crippen molar-refractivity contribution in [1.29, 1.82) is 0 Å². The van der Waals surface area contributed by atoms with Crippen LogP contribution in [0.3, 0.4) is 0 Å². The van der Waals surface area contributed by atoms with Crippen molar-refractivity contribution in [2.24, 2.45) is 0 Å². The fourth-order valence-corrected chi connectivity index (χ4v) is 2.52. The lowest BCUT2D eigenvalue weighted by molar-refractivity contribution is -0.155. The molecule has 0 aliphatic rings. The molecule has 0 saturated carbocycles. The van der Waals surface area contributed by atoms with Gasteiger partial charge in [-0.25, -0.2) is 4.79 Å². The van der Waals surface area contributed by atoms with Crippen LogP contribution < -0.4 is 10.6 Å². The highest BCUT2D eigenvalue weighted by molar-refractivity contribution is 5.97. The Morgan fingerprint density at radius 1 is 1.07 bits per heavy atom. The predicted octanol–water partition coefficient (Wildman–Crippen LogP) is 2.11. The van der Waals surface area contributed by atoms with Crippen molar-refractivity contribution in [3.8, 4) is 0 Å². The predicted molar refractivity (Wildman–Crippen MR) is 95.6 cm³/mol. The number of hydrogen-bond donors (Lipinski definition) is 2. The van der Waals surface area contributed by atoms with E-state index in [1.807, 2.05) is 0 Å². The molecule has 3 rings (SSSR count). The summed E-state index contributed by atoms with van der Waals surface area (Å²) in [6.07, 6.45) is -1.44. The summed E-state index contributed by atoms with van der Waals surface area (Å²) in [6, 6.07) is 14.9. The number of imide groups is 1. The summed E-state index contributed by atoms with van der Waals surface area (Å²) in [5.41, 5.74) is 1.41. The minimum Gasteiger partial charge on any atom is -0.447 e. The number of benzene rings is 2. The number of rotatable bonds is 5. The Bertz CT molecular complexity index is 968. The maximum atomic E-state index is 12.4. The van der Waals surface area contributed by atoms with Crippen LogP contribution in [0.5, 0.6) is 0 Å². The fraction of sp³-hybridized carbons (Fsp3) is 0.158. The number of fused-ring (bicyclic) bond motifs is 1. The molecule has 0 fully saturated rings. The summed E-state index contributed by atoms with van der Waals surface area (Å²) >= 11 is 0. The van der Waals surface area contributed by atoms with Crippen molar-refractivity contribution in [2.45, 2.75) is 12.5 Å². The summed E-state index contributed by atoms with van der Waals surface area (Å²) in [4.78, 5) is 36.2. The Hall–Kier alpha value is -3.68. The van der Waals surface area contributed by atoms with Gasteiger partial charge in [-0.1, -0.05) is 47.6 Å². The number of carbonyl (C=O) groups is 3. The molecule has 8 heteroatoms. The molecule has 0 bridgehead atoms. The third-order valence-corrected chi connectivity index (χ3v) is 3.82. The van der Waals surface area contributed by atoms with Gasteiger partial charge in [0.15, 0.2) is 5.58 Å². The highest BCUT2D eigenvalue weighted by Crippen LogP contribution is 2.21. The van der Waals surface area contributed by atoms with Gasteiger partial charge in [0, 0.05) is 18.0 Å². The normalized spacial score (nSPS) is 11.6. The van der Waals surface area contributed by atoms with Gasteiger partial charge in [-0.2, -0.15) is 0 Å². The zero-order valence-corrected chi connectivity index (χ0v) is 14.5. The topological polar surface area (TPSA) is 111 Å². The molecule has 2 N–H and O–H groups in total. The van der Waals surface area contributed by atoms with Crippen LogP contribution in [0.25, 0.3) is 11.0 Å². The first-order chi connectivity index (χ1) is 13.1. The van der Waals surface area contributed by atoms with Gasteiger partial charge in [0.05, 0.1) is 6.42 Å². The van der Waals surface area contributed by atoms with Gasteiger partial charge in [0.1, 0.15) is 5.69 Å². The number of ether oxygens (including phenoxy) is 1. The van der Waals surface area contributed by atoms with Gasteiger partial charge in [0.25, 0.3) is 5.91 Å². The number of nitrogens with one attached hydrogen (secondary N) is 2. The van der Waals surface area contributed by atoms with Crippen LogP contribution in [0.1, 0.15) is 17.4 Å². The number of para-hydroxylation sites is 1. The average molecular weight is 367 g/mol. The highest BCUT2D eigenvalue weighted by atomic mass is 16.5. The second-order valence-corrected chi connectivity index (χ2v) is 5.65. The van der Waals surface area contributed by atoms with Gasteiger partial charge < -0.3 is 14.6 Å². The van der Waals surface area contributed by atoms with Gasteiger partial charge in [-0.3, -0.25) is 14.9 Å². The summed E-state index contributed by atoms with van der Waals surface area (Å²) in [6.45, 7) is 0. The molecular formula is C19H17N3O5. The molecule has 138 valence electrons. The Kier molecular flexibility index (Phi) is 5.46. The Balaban J connectivity index is 1.77. The average Bonchev–Trinajstić information content (AvgIpc) is 3.09. The Labute approximate surface area is 154 Å². The van der Waals surface area contributed by atoms with Crippen LogP contribution in [-0.2, 0) is 20.7 Å². The highest BCUT2D eigenvalue weighted by Gasteiger charge is 2.27. The van der Waals surface area contributed by atoms with Crippen LogP contribution in [0.15, 0.2) is 59.1 Å². The van der Waals surface area contributed by atoms with Crippen LogP contribution in [0, 0.1) is 0 Å². The number of urea groups is 1. The van der Waals surface area contributed by atoms with Gasteiger partial charge >= 0.3 is 12.0 Å². The molecule has 0 radical (unpaired) electrons. The van der Waals surface area contributed by atoms with Gasteiger partial charge in [-0.15, -0.1) is 0 Å². The maximum absolute atomic E-state index is 12.4. The molecule has 1 unspecified atom stereocenters. The van der Waals surface area contributed by atoms with Crippen molar-refractivity contribution in [3.05, 3.63) is 65.9 Å². The largest absolute Gasteiger partial charge is 0.447 e. The van der Waals surface area contributed by atoms with Crippen molar-refractivity contribution in [1.82, 2.24) is 15.8 Å². The van der Waals surface area contributed by atoms with Crippen molar-refractivity contribution < 1.29 is 23.6 Å². The molecule has 0 spiro atoms. The van der Waals surface area contributed by atoms with Crippen LogP contribution in [0.4, 0.5) is 4.79 Å². The Morgan fingerprint density at radius 3 is 2.52 bits per heavy atom. The zero-order chi connectivity index (χ0) is 19.2. The van der Waals surface area contributed by atoms with E-state index >= 15 is 0 Å². The lowest BCUT2D eigenvalue weighted by atomic mass is 10.1. The molecule has 1 aromatic heterocycles. The molecule has 3 aromatic rings. The minimum atomic E-state index is -1.27. The molecule has 2 aromatic carbocycles. The number of nitrogens with zero attached hydrogens (tertiary/aromatic N) is 1. The number of amides is 3. The SMILES string of the molecule is CNC(=O)NC(=O)C(OC(=O)Cc1noc2ccccc12)c1ccccc1. The summed E-state index contributed by atoms with van der Waals surface area (Å²) in [5.74, 6) is -1.42. The van der Waals surface area contributed by atoms with Crippen LogP contribution >= 0.6 is 0 Å². The molecular weight excluding hydrogens is 350 g/mol. The lowest BCUT2D eigenvalue weighted by Crippen LogP contribution is -2.41. The smallest absolute Gasteiger partial charge is 0.321 e. The van der Waals surface area contributed by atoms with E-state index in [0.717, 1.165) is 0 Å². The van der Waals surface area contributed by atoms with Gasteiger partial charge in [-0.05, 0) is 12.1 Å². The molecule has 0 aliphatic carbocycles. The second-order valence-electron chi connectivity index (χ2n) is 5.65. The summed E-state index contributed by atoms with van der Waals surface area (Å²) < 4.78 is 10.5. The third kappa shape index (κ3) is 4.30. The van der Waals surface area contributed by atoms with E-state index in [1.165, 1.54) is 7.05 Å². The number of aromatic nitrogens is 1.